The summed E-state index contributed by atoms with van der Waals surface area (Å²) in [4.78, 5) is 10.9. The van der Waals surface area contributed by atoms with E-state index in [4.69, 9.17) is 0 Å². The zero-order valence-electron chi connectivity index (χ0n) is 10.8. The summed E-state index contributed by atoms with van der Waals surface area (Å²) in [7, 11) is 0. The fourth-order valence-corrected chi connectivity index (χ4v) is 1.71. The van der Waals surface area contributed by atoms with Crippen molar-refractivity contribution in [3.8, 4) is 0 Å². The van der Waals surface area contributed by atoms with E-state index < -0.39 is 0 Å². The number of rotatable bonds is 4. The van der Waals surface area contributed by atoms with Gasteiger partial charge in [-0.05, 0) is 12.3 Å². The van der Waals surface area contributed by atoms with E-state index in [0.29, 0.717) is 11.6 Å². The molecule has 0 atom stereocenters. The van der Waals surface area contributed by atoms with Crippen LogP contribution in [0.15, 0.2) is 0 Å². The molecule has 4 nitrogen and oxygen atoms in total. The molecule has 0 amide bonds. The number of aryl methyl sites for hydroxylation is 1. The van der Waals surface area contributed by atoms with Crippen molar-refractivity contribution in [1.82, 2.24) is 15.0 Å². The average Bonchev–Trinajstić information content (AvgIpc) is 2.56. The Labute approximate surface area is 97.0 Å². The monoisotopic (exact) mass is 223 g/mol. The number of carbonyl (C=O) groups is 1. The molecule has 1 heterocycles. The van der Waals surface area contributed by atoms with E-state index in [9.17, 15) is 4.79 Å². The lowest BCUT2D eigenvalue weighted by molar-refractivity contribution is 0.111. The molecule has 0 saturated heterocycles. The van der Waals surface area contributed by atoms with E-state index in [1.807, 2.05) is 4.68 Å². The van der Waals surface area contributed by atoms with Crippen molar-refractivity contribution in [2.45, 2.75) is 53.0 Å². The fraction of sp³-hybridized carbons (Fsp3) is 0.750. The Bertz CT molecular complexity index is 361. The number of aldehydes is 1. The Hall–Kier alpha value is -1.19. The molecule has 0 N–H and O–H groups in total. The lowest BCUT2D eigenvalue weighted by atomic mass is 9.90. The first-order valence-corrected chi connectivity index (χ1v) is 5.75. The molecule has 4 heteroatoms. The molecule has 0 aliphatic carbocycles. The van der Waals surface area contributed by atoms with Crippen molar-refractivity contribution < 1.29 is 4.79 Å². The van der Waals surface area contributed by atoms with Crippen LogP contribution in [-0.2, 0) is 12.0 Å². The van der Waals surface area contributed by atoms with E-state index in [-0.39, 0.29) is 5.41 Å². The molecular formula is C12H21N3O. The van der Waals surface area contributed by atoms with E-state index in [2.05, 4.69) is 44.9 Å². The number of carbonyl (C=O) groups excluding carboxylic acids is 1. The van der Waals surface area contributed by atoms with Gasteiger partial charge < -0.3 is 0 Å². The molecule has 1 aromatic heterocycles. The normalized spacial score (nSPS) is 12.1. The molecule has 90 valence electrons. The predicted octanol–water partition coefficient (Wildman–Crippen LogP) is 2.43. The summed E-state index contributed by atoms with van der Waals surface area (Å²) in [6.07, 6.45) is 1.84. The first-order valence-electron chi connectivity index (χ1n) is 5.75. The van der Waals surface area contributed by atoms with Gasteiger partial charge >= 0.3 is 0 Å². The van der Waals surface area contributed by atoms with E-state index in [1.165, 1.54) is 0 Å². The van der Waals surface area contributed by atoms with Gasteiger partial charge in [0.1, 0.15) is 5.69 Å². The van der Waals surface area contributed by atoms with Crippen molar-refractivity contribution in [1.29, 1.82) is 0 Å². The molecule has 0 fully saturated rings. The van der Waals surface area contributed by atoms with Gasteiger partial charge in [0, 0.05) is 12.0 Å². The molecule has 0 saturated carbocycles. The fourth-order valence-electron chi connectivity index (χ4n) is 1.71. The summed E-state index contributed by atoms with van der Waals surface area (Å²) in [5.41, 5.74) is 1.30. The molecule has 0 unspecified atom stereocenters. The minimum absolute atomic E-state index is 0.100. The molecule has 0 aliphatic rings. The standard InChI is InChI=1S/C12H21N3O/c1-9(2)6-7-15-11(12(3,4)5)10(8-16)13-14-15/h8-9H,6-7H2,1-5H3. The Balaban J connectivity index is 3.01. The van der Waals surface area contributed by atoms with Crippen molar-refractivity contribution in [2.24, 2.45) is 5.92 Å². The van der Waals surface area contributed by atoms with Gasteiger partial charge in [0.15, 0.2) is 6.29 Å². The molecule has 0 radical (unpaired) electrons. The summed E-state index contributed by atoms with van der Waals surface area (Å²) in [5, 5.41) is 7.98. The summed E-state index contributed by atoms with van der Waals surface area (Å²) < 4.78 is 1.86. The first kappa shape index (κ1) is 12.9. The van der Waals surface area contributed by atoms with Gasteiger partial charge in [0.25, 0.3) is 0 Å². The maximum atomic E-state index is 10.9. The number of nitrogens with zero attached hydrogens (tertiary/aromatic N) is 3. The Kier molecular flexibility index (Phi) is 3.83. The Morgan fingerprint density at radius 3 is 2.44 bits per heavy atom. The van der Waals surface area contributed by atoms with Crippen LogP contribution in [0.4, 0.5) is 0 Å². The van der Waals surface area contributed by atoms with Crippen LogP contribution >= 0.6 is 0 Å². The molecule has 16 heavy (non-hydrogen) atoms. The van der Waals surface area contributed by atoms with E-state index in [1.54, 1.807) is 0 Å². The van der Waals surface area contributed by atoms with Crippen LogP contribution in [0, 0.1) is 5.92 Å². The van der Waals surface area contributed by atoms with Gasteiger partial charge in [-0.1, -0.05) is 39.8 Å². The second-order valence-corrected chi connectivity index (χ2v) is 5.60. The summed E-state index contributed by atoms with van der Waals surface area (Å²) in [6, 6.07) is 0. The molecule has 1 rings (SSSR count). The van der Waals surface area contributed by atoms with Crippen molar-refractivity contribution in [3.05, 3.63) is 11.4 Å². The SMILES string of the molecule is CC(C)CCn1nnc(C=O)c1C(C)(C)C. The van der Waals surface area contributed by atoms with Crippen LogP contribution in [-0.4, -0.2) is 21.3 Å². The smallest absolute Gasteiger partial charge is 0.172 e. The first-order chi connectivity index (χ1) is 7.36. The molecule has 0 aromatic carbocycles. The third kappa shape index (κ3) is 2.90. The highest BCUT2D eigenvalue weighted by atomic mass is 16.1. The third-order valence-electron chi connectivity index (χ3n) is 2.50. The molecule has 1 aromatic rings. The predicted molar refractivity (Wildman–Crippen MR) is 63.6 cm³/mol. The van der Waals surface area contributed by atoms with Crippen molar-refractivity contribution >= 4 is 6.29 Å². The summed E-state index contributed by atoms with van der Waals surface area (Å²) in [5.74, 6) is 0.622. The number of aromatic nitrogens is 3. The molecule has 0 spiro atoms. The van der Waals surface area contributed by atoms with Crippen LogP contribution < -0.4 is 0 Å². The van der Waals surface area contributed by atoms with Gasteiger partial charge in [0.05, 0.1) is 5.69 Å². The Morgan fingerprint density at radius 2 is 2.00 bits per heavy atom. The highest BCUT2D eigenvalue weighted by Crippen LogP contribution is 2.24. The van der Waals surface area contributed by atoms with Gasteiger partial charge in [-0.15, -0.1) is 5.10 Å². The van der Waals surface area contributed by atoms with Gasteiger partial charge in [0.2, 0.25) is 0 Å². The van der Waals surface area contributed by atoms with Crippen LogP contribution in [0.5, 0.6) is 0 Å². The number of hydrogen-bond donors (Lipinski definition) is 0. The van der Waals surface area contributed by atoms with Gasteiger partial charge in [-0.25, -0.2) is 4.68 Å². The zero-order valence-corrected chi connectivity index (χ0v) is 10.8. The van der Waals surface area contributed by atoms with Crippen LogP contribution in [0.1, 0.15) is 57.2 Å². The second kappa shape index (κ2) is 4.76. The quantitative estimate of drug-likeness (QED) is 0.736. The number of hydrogen-bond acceptors (Lipinski definition) is 3. The minimum atomic E-state index is -0.100. The van der Waals surface area contributed by atoms with Crippen LogP contribution in [0.3, 0.4) is 0 Å². The minimum Gasteiger partial charge on any atom is -0.296 e. The lowest BCUT2D eigenvalue weighted by Gasteiger charge is -2.20. The average molecular weight is 223 g/mol. The maximum absolute atomic E-state index is 10.9. The van der Waals surface area contributed by atoms with Crippen molar-refractivity contribution in [3.63, 3.8) is 0 Å². The Morgan fingerprint density at radius 1 is 1.38 bits per heavy atom. The van der Waals surface area contributed by atoms with Crippen molar-refractivity contribution in [2.75, 3.05) is 0 Å². The molecular weight excluding hydrogens is 202 g/mol. The highest BCUT2D eigenvalue weighted by molar-refractivity contribution is 5.73. The van der Waals surface area contributed by atoms with Crippen LogP contribution in [0.25, 0.3) is 0 Å². The summed E-state index contributed by atoms with van der Waals surface area (Å²) >= 11 is 0. The van der Waals surface area contributed by atoms with Gasteiger partial charge in [-0.2, -0.15) is 0 Å². The third-order valence-corrected chi connectivity index (χ3v) is 2.50. The largest absolute Gasteiger partial charge is 0.296 e. The zero-order chi connectivity index (χ0) is 12.3. The second-order valence-electron chi connectivity index (χ2n) is 5.60. The lowest BCUT2D eigenvalue weighted by Crippen LogP contribution is -2.20. The maximum Gasteiger partial charge on any atom is 0.172 e. The molecule has 0 bridgehead atoms. The summed E-state index contributed by atoms with van der Waals surface area (Å²) in [6.45, 7) is 11.4. The highest BCUT2D eigenvalue weighted by Gasteiger charge is 2.24. The van der Waals surface area contributed by atoms with E-state index in [0.717, 1.165) is 24.9 Å². The van der Waals surface area contributed by atoms with Crippen LogP contribution in [0.2, 0.25) is 0 Å². The molecule has 0 aliphatic heterocycles. The van der Waals surface area contributed by atoms with Gasteiger partial charge in [-0.3, -0.25) is 4.79 Å². The topological polar surface area (TPSA) is 47.8 Å². The van der Waals surface area contributed by atoms with E-state index >= 15 is 0 Å².